The van der Waals surface area contributed by atoms with E-state index in [1.807, 2.05) is 18.2 Å². The summed E-state index contributed by atoms with van der Waals surface area (Å²) in [6.07, 6.45) is 1.07. The molecule has 120 valence electrons. The maximum atomic E-state index is 12.4. The molecule has 2 atom stereocenters. The van der Waals surface area contributed by atoms with Gasteiger partial charge in [-0.05, 0) is 39.2 Å². The molecule has 2 rings (SSSR count). The smallest absolute Gasteiger partial charge is 0.333 e. The van der Waals surface area contributed by atoms with E-state index in [0.717, 1.165) is 6.42 Å². The summed E-state index contributed by atoms with van der Waals surface area (Å²) in [4.78, 5) is 24.7. The molecule has 1 aliphatic heterocycles. The van der Waals surface area contributed by atoms with E-state index in [9.17, 15) is 9.59 Å². The highest BCUT2D eigenvalue weighted by Crippen LogP contribution is 2.20. The van der Waals surface area contributed by atoms with Crippen molar-refractivity contribution in [3.63, 3.8) is 0 Å². The molecule has 22 heavy (non-hydrogen) atoms. The number of amides is 1. The normalized spacial score (nSPS) is 19.5. The lowest BCUT2D eigenvalue weighted by Crippen LogP contribution is -2.42. The Morgan fingerprint density at radius 2 is 1.95 bits per heavy atom. The van der Waals surface area contributed by atoms with Crippen LogP contribution in [0.25, 0.3) is 0 Å². The summed E-state index contributed by atoms with van der Waals surface area (Å²) < 4.78 is 10.8. The van der Waals surface area contributed by atoms with E-state index in [4.69, 9.17) is 9.47 Å². The zero-order chi connectivity index (χ0) is 16.2. The van der Waals surface area contributed by atoms with Crippen molar-refractivity contribution in [2.24, 2.45) is 0 Å². The summed E-state index contributed by atoms with van der Waals surface area (Å²) in [7, 11) is 0. The predicted molar refractivity (Wildman–Crippen MR) is 82.1 cm³/mol. The number of ether oxygens (including phenoxy) is 2. The molecule has 1 saturated heterocycles. The van der Waals surface area contributed by atoms with Gasteiger partial charge in [-0.25, -0.2) is 4.79 Å². The van der Waals surface area contributed by atoms with Gasteiger partial charge < -0.3 is 14.8 Å². The second-order valence-corrected chi connectivity index (χ2v) is 6.39. The minimum atomic E-state index is -0.822. The SMILES string of the molecule is CC(C)(C)OC(=O)[C@@H](NC(=O)[C@H]1CCCO1)c1ccccc1. The third-order valence-corrected chi connectivity index (χ3v) is 3.28. The Labute approximate surface area is 131 Å². The van der Waals surface area contributed by atoms with Crippen molar-refractivity contribution in [3.8, 4) is 0 Å². The average Bonchev–Trinajstić information content (AvgIpc) is 2.97. The monoisotopic (exact) mass is 305 g/mol. The van der Waals surface area contributed by atoms with Gasteiger partial charge >= 0.3 is 5.97 Å². The van der Waals surface area contributed by atoms with Gasteiger partial charge in [0.25, 0.3) is 0 Å². The lowest BCUT2D eigenvalue weighted by Gasteiger charge is -2.25. The molecule has 0 radical (unpaired) electrons. The van der Waals surface area contributed by atoms with Gasteiger partial charge in [0, 0.05) is 6.61 Å². The van der Waals surface area contributed by atoms with Gasteiger partial charge in [-0.3, -0.25) is 4.79 Å². The Morgan fingerprint density at radius 3 is 2.50 bits per heavy atom. The molecule has 0 aromatic heterocycles. The van der Waals surface area contributed by atoms with Gasteiger partial charge in [0.05, 0.1) is 0 Å². The van der Waals surface area contributed by atoms with Gasteiger partial charge in [-0.1, -0.05) is 30.3 Å². The molecule has 0 bridgehead atoms. The van der Waals surface area contributed by atoms with E-state index < -0.39 is 23.7 Å². The van der Waals surface area contributed by atoms with E-state index in [2.05, 4.69) is 5.32 Å². The topological polar surface area (TPSA) is 64.6 Å². The highest BCUT2D eigenvalue weighted by Gasteiger charge is 2.31. The van der Waals surface area contributed by atoms with Crippen molar-refractivity contribution < 1.29 is 19.1 Å². The van der Waals surface area contributed by atoms with E-state index in [1.165, 1.54) is 0 Å². The number of benzene rings is 1. The largest absolute Gasteiger partial charge is 0.458 e. The first kappa shape index (κ1) is 16.5. The third-order valence-electron chi connectivity index (χ3n) is 3.28. The van der Waals surface area contributed by atoms with E-state index >= 15 is 0 Å². The molecule has 5 heteroatoms. The zero-order valence-electron chi connectivity index (χ0n) is 13.3. The molecule has 1 N–H and O–H groups in total. The van der Waals surface area contributed by atoms with Crippen LogP contribution in [0.5, 0.6) is 0 Å². The zero-order valence-corrected chi connectivity index (χ0v) is 13.3. The Kier molecular flexibility index (Phi) is 5.19. The van der Waals surface area contributed by atoms with Gasteiger partial charge in [0.15, 0.2) is 6.04 Å². The molecular weight excluding hydrogens is 282 g/mol. The summed E-state index contributed by atoms with van der Waals surface area (Å²) in [6, 6.07) is 8.28. The lowest BCUT2D eigenvalue weighted by molar-refractivity contribution is -0.159. The van der Waals surface area contributed by atoms with E-state index in [1.54, 1.807) is 32.9 Å². The van der Waals surface area contributed by atoms with Crippen molar-refractivity contribution in [1.29, 1.82) is 0 Å². The maximum Gasteiger partial charge on any atom is 0.333 e. The fourth-order valence-corrected chi connectivity index (χ4v) is 2.30. The van der Waals surface area contributed by atoms with Crippen LogP contribution in [-0.4, -0.2) is 30.2 Å². The number of carbonyl (C=O) groups excluding carboxylic acids is 2. The first-order valence-electron chi connectivity index (χ1n) is 7.56. The van der Waals surface area contributed by atoms with Crippen LogP contribution in [0.15, 0.2) is 30.3 Å². The van der Waals surface area contributed by atoms with Crippen LogP contribution in [-0.2, 0) is 19.1 Å². The minimum absolute atomic E-state index is 0.266. The van der Waals surface area contributed by atoms with Gasteiger partial charge in [0.1, 0.15) is 11.7 Å². The van der Waals surface area contributed by atoms with Crippen LogP contribution >= 0.6 is 0 Å². The number of rotatable bonds is 4. The van der Waals surface area contributed by atoms with Crippen molar-refractivity contribution in [2.75, 3.05) is 6.61 Å². The maximum absolute atomic E-state index is 12.4. The fraction of sp³-hybridized carbons (Fsp3) is 0.529. The molecule has 0 saturated carbocycles. The predicted octanol–water partition coefficient (Wildman–Crippen LogP) is 2.36. The second kappa shape index (κ2) is 6.92. The molecular formula is C17H23NO4. The van der Waals surface area contributed by atoms with Crippen molar-refractivity contribution in [1.82, 2.24) is 5.32 Å². The summed E-state index contributed by atoms with van der Waals surface area (Å²) in [5.74, 6) is -0.734. The van der Waals surface area contributed by atoms with E-state index in [0.29, 0.717) is 18.6 Å². The fourth-order valence-electron chi connectivity index (χ4n) is 2.30. The highest BCUT2D eigenvalue weighted by atomic mass is 16.6. The van der Waals surface area contributed by atoms with Crippen LogP contribution in [0, 0.1) is 0 Å². The molecule has 0 aliphatic carbocycles. The second-order valence-electron chi connectivity index (χ2n) is 6.39. The first-order valence-corrected chi connectivity index (χ1v) is 7.56. The third kappa shape index (κ3) is 4.56. The summed E-state index contributed by atoms with van der Waals surface area (Å²) in [5, 5.41) is 2.76. The minimum Gasteiger partial charge on any atom is -0.458 e. The molecule has 0 spiro atoms. The molecule has 5 nitrogen and oxygen atoms in total. The highest BCUT2D eigenvalue weighted by molar-refractivity contribution is 5.88. The van der Waals surface area contributed by atoms with Crippen LogP contribution in [0.3, 0.4) is 0 Å². The van der Waals surface area contributed by atoms with Crippen LogP contribution in [0.4, 0.5) is 0 Å². The van der Waals surface area contributed by atoms with Crippen LogP contribution in [0.2, 0.25) is 0 Å². The molecule has 1 amide bonds. The van der Waals surface area contributed by atoms with Gasteiger partial charge in [-0.15, -0.1) is 0 Å². The number of esters is 1. The average molecular weight is 305 g/mol. The Bertz CT molecular complexity index is 515. The molecule has 1 fully saturated rings. The first-order chi connectivity index (χ1) is 10.4. The quantitative estimate of drug-likeness (QED) is 0.867. The standard InChI is InChI=1S/C17H23NO4/c1-17(2,3)22-16(20)14(12-8-5-4-6-9-12)18-15(19)13-10-7-11-21-13/h4-6,8-9,13-14H,7,10-11H2,1-3H3,(H,18,19)/t13-,14+/m1/s1. The molecule has 1 aliphatic rings. The summed E-state index contributed by atoms with van der Waals surface area (Å²) in [5.41, 5.74) is 0.0849. The van der Waals surface area contributed by atoms with Crippen molar-refractivity contribution in [2.45, 2.75) is 51.4 Å². The van der Waals surface area contributed by atoms with E-state index in [-0.39, 0.29) is 5.91 Å². The summed E-state index contributed by atoms with van der Waals surface area (Å²) in [6.45, 7) is 5.99. The lowest BCUT2D eigenvalue weighted by atomic mass is 10.1. The molecule has 1 aromatic rings. The molecule has 1 aromatic carbocycles. The summed E-state index contributed by atoms with van der Waals surface area (Å²) >= 11 is 0. The Morgan fingerprint density at radius 1 is 1.27 bits per heavy atom. The molecule has 0 unspecified atom stereocenters. The van der Waals surface area contributed by atoms with Gasteiger partial charge in [0.2, 0.25) is 5.91 Å². The number of hydrogen-bond donors (Lipinski definition) is 1. The Hall–Kier alpha value is -1.88. The van der Waals surface area contributed by atoms with Crippen molar-refractivity contribution in [3.05, 3.63) is 35.9 Å². The number of hydrogen-bond acceptors (Lipinski definition) is 4. The van der Waals surface area contributed by atoms with Crippen molar-refractivity contribution >= 4 is 11.9 Å². The van der Waals surface area contributed by atoms with Crippen LogP contribution in [0.1, 0.15) is 45.2 Å². The Balaban J connectivity index is 2.14. The van der Waals surface area contributed by atoms with Crippen LogP contribution < -0.4 is 5.32 Å². The number of nitrogens with one attached hydrogen (secondary N) is 1. The number of carbonyl (C=O) groups is 2. The van der Waals surface area contributed by atoms with Gasteiger partial charge in [-0.2, -0.15) is 0 Å². The molecule has 1 heterocycles.